The van der Waals surface area contributed by atoms with Crippen LogP contribution in [0, 0.1) is 0 Å². The van der Waals surface area contributed by atoms with Gasteiger partial charge in [-0.25, -0.2) is 0 Å². The zero-order valence-corrected chi connectivity index (χ0v) is 11.0. The van der Waals surface area contributed by atoms with Gasteiger partial charge in [-0.15, -0.1) is 0 Å². The first-order chi connectivity index (χ1) is 7.27. The van der Waals surface area contributed by atoms with Gasteiger partial charge in [0.25, 0.3) is 0 Å². The molecule has 2 heteroatoms. The van der Waals surface area contributed by atoms with E-state index < -0.39 is 0 Å². The highest BCUT2D eigenvalue weighted by Crippen LogP contribution is 2.23. The summed E-state index contributed by atoms with van der Waals surface area (Å²) >= 11 is 3.45. The molecule has 0 aliphatic carbocycles. The lowest BCUT2D eigenvalue weighted by Gasteiger charge is -2.14. The summed E-state index contributed by atoms with van der Waals surface area (Å²) in [6, 6.07) is 8.54. The third kappa shape index (κ3) is 4.35. The van der Waals surface area contributed by atoms with Gasteiger partial charge in [-0.1, -0.05) is 54.2 Å². The molecule has 1 atom stereocenters. The monoisotopic (exact) mass is 269 g/mol. The van der Waals surface area contributed by atoms with Gasteiger partial charge in [0.15, 0.2) is 0 Å². The van der Waals surface area contributed by atoms with Crippen molar-refractivity contribution < 1.29 is 0 Å². The van der Waals surface area contributed by atoms with Crippen molar-refractivity contribution in [2.45, 2.75) is 38.5 Å². The van der Waals surface area contributed by atoms with Crippen LogP contribution in [0.15, 0.2) is 28.7 Å². The lowest BCUT2D eigenvalue weighted by atomic mass is 9.93. The molecule has 0 fully saturated rings. The first-order valence-corrected chi connectivity index (χ1v) is 6.52. The molecule has 2 N–H and O–H groups in total. The van der Waals surface area contributed by atoms with Crippen molar-refractivity contribution >= 4 is 15.9 Å². The highest BCUT2D eigenvalue weighted by Gasteiger charge is 2.08. The Morgan fingerprint density at radius 2 is 1.87 bits per heavy atom. The smallest absolute Gasteiger partial charge is 0.0175 e. The fourth-order valence-electron chi connectivity index (χ4n) is 1.80. The molecule has 1 aromatic rings. The largest absolute Gasteiger partial charge is 0.330 e. The number of halogens is 1. The summed E-state index contributed by atoms with van der Waals surface area (Å²) < 4.78 is 1.13. The Bertz CT molecular complexity index is 268. The highest BCUT2D eigenvalue weighted by atomic mass is 79.9. The van der Waals surface area contributed by atoms with Crippen LogP contribution >= 0.6 is 15.9 Å². The van der Waals surface area contributed by atoms with Gasteiger partial charge in [0.05, 0.1) is 0 Å². The van der Waals surface area contributed by atoms with E-state index in [9.17, 15) is 0 Å². The van der Waals surface area contributed by atoms with Crippen molar-refractivity contribution in [2.75, 3.05) is 6.54 Å². The summed E-state index contributed by atoms with van der Waals surface area (Å²) in [5.41, 5.74) is 7.19. The third-order valence-corrected chi connectivity index (χ3v) is 3.31. The lowest BCUT2D eigenvalue weighted by Crippen LogP contribution is -2.12. The minimum atomic E-state index is 0.532. The zero-order valence-electron chi connectivity index (χ0n) is 9.38. The minimum Gasteiger partial charge on any atom is -0.330 e. The molecule has 1 unspecified atom stereocenters. The maximum absolute atomic E-state index is 5.81. The topological polar surface area (TPSA) is 26.0 Å². The van der Waals surface area contributed by atoms with Crippen LogP contribution < -0.4 is 5.73 Å². The molecular weight excluding hydrogens is 250 g/mol. The maximum atomic E-state index is 5.81. The second-order valence-corrected chi connectivity index (χ2v) is 4.90. The Morgan fingerprint density at radius 3 is 2.40 bits per heavy atom. The van der Waals surface area contributed by atoms with Crippen LogP contribution in [0.1, 0.15) is 44.1 Å². The van der Waals surface area contributed by atoms with Crippen LogP contribution in [0.25, 0.3) is 0 Å². The number of unbranched alkanes of at least 4 members (excludes halogenated alkanes) is 2. The Kier molecular flexibility index (Phi) is 5.96. The first kappa shape index (κ1) is 12.7. The van der Waals surface area contributed by atoms with Crippen molar-refractivity contribution in [1.82, 2.24) is 0 Å². The van der Waals surface area contributed by atoms with E-state index in [1.165, 1.54) is 31.2 Å². The fraction of sp³-hybridized carbons (Fsp3) is 0.538. The maximum Gasteiger partial charge on any atom is 0.0175 e. The fourth-order valence-corrected chi connectivity index (χ4v) is 2.06. The Hall–Kier alpha value is -0.340. The van der Waals surface area contributed by atoms with E-state index in [0.29, 0.717) is 5.92 Å². The summed E-state index contributed by atoms with van der Waals surface area (Å²) in [6.07, 6.45) is 5.09. The summed E-state index contributed by atoms with van der Waals surface area (Å²) in [5, 5.41) is 0. The van der Waals surface area contributed by atoms with Gasteiger partial charge < -0.3 is 5.73 Å². The molecule has 0 bridgehead atoms. The second kappa shape index (κ2) is 7.02. The molecule has 84 valence electrons. The highest BCUT2D eigenvalue weighted by molar-refractivity contribution is 9.10. The number of hydrogen-bond acceptors (Lipinski definition) is 1. The van der Waals surface area contributed by atoms with Crippen molar-refractivity contribution in [3.05, 3.63) is 34.3 Å². The van der Waals surface area contributed by atoms with E-state index in [-0.39, 0.29) is 0 Å². The molecule has 15 heavy (non-hydrogen) atoms. The second-order valence-electron chi connectivity index (χ2n) is 3.98. The molecule has 0 saturated carbocycles. The van der Waals surface area contributed by atoms with Crippen molar-refractivity contribution in [2.24, 2.45) is 5.73 Å². The molecule has 0 aromatic heterocycles. The molecule has 0 radical (unpaired) electrons. The molecule has 0 spiro atoms. The molecule has 0 aliphatic heterocycles. The molecule has 1 rings (SSSR count). The number of hydrogen-bond donors (Lipinski definition) is 1. The van der Waals surface area contributed by atoms with Crippen LogP contribution in [0.3, 0.4) is 0 Å². The van der Waals surface area contributed by atoms with Crippen LogP contribution in [0.2, 0.25) is 0 Å². The zero-order chi connectivity index (χ0) is 11.1. The molecule has 0 saturated heterocycles. The van der Waals surface area contributed by atoms with Gasteiger partial charge >= 0.3 is 0 Å². The molecule has 0 heterocycles. The van der Waals surface area contributed by atoms with Crippen molar-refractivity contribution in [3.63, 3.8) is 0 Å². The molecule has 0 amide bonds. The lowest BCUT2D eigenvalue weighted by molar-refractivity contribution is 0.572. The number of benzene rings is 1. The van der Waals surface area contributed by atoms with Crippen LogP contribution in [0.4, 0.5) is 0 Å². The Morgan fingerprint density at radius 1 is 1.20 bits per heavy atom. The third-order valence-electron chi connectivity index (χ3n) is 2.78. The molecular formula is C13H20BrN. The Balaban J connectivity index is 2.53. The van der Waals surface area contributed by atoms with Gasteiger partial charge in [-0.2, -0.15) is 0 Å². The standard InChI is InChI=1S/C13H20BrN/c1-2-3-4-5-12(10-15)11-6-8-13(14)9-7-11/h6-9,12H,2-5,10,15H2,1H3. The minimum absolute atomic E-state index is 0.532. The van der Waals surface area contributed by atoms with E-state index in [1.54, 1.807) is 0 Å². The normalized spacial score (nSPS) is 12.7. The van der Waals surface area contributed by atoms with Gasteiger partial charge in [-0.05, 0) is 36.6 Å². The van der Waals surface area contributed by atoms with Crippen LogP contribution in [-0.4, -0.2) is 6.54 Å². The summed E-state index contributed by atoms with van der Waals surface area (Å²) in [4.78, 5) is 0. The van der Waals surface area contributed by atoms with E-state index in [1.807, 2.05) is 0 Å². The van der Waals surface area contributed by atoms with Gasteiger partial charge in [0, 0.05) is 4.47 Å². The molecule has 0 aliphatic rings. The van der Waals surface area contributed by atoms with E-state index in [4.69, 9.17) is 5.73 Å². The molecule has 1 nitrogen and oxygen atoms in total. The predicted octanol–water partition coefficient (Wildman–Crippen LogP) is 4.07. The number of rotatable bonds is 6. The summed E-state index contributed by atoms with van der Waals surface area (Å²) in [7, 11) is 0. The predicted molar refractivity (Wildman–Crippen MR) is 70.1 cm³/mol. The Labute approximate surface area is 101 Å². The quantitative estimate of drug-likeness (QED) is 0.775. The summed E-state index contributed by atoms with van der Waals surface area (Å²) in [5.74, 6) is 0.532. The summed E-state index contributed by atoms with van der Waals surface area (Å²) in [6.45, 7) is 2.99. The van der Waals surface area contributed by atoms with E-state index in [0.717, 1.165) is 11.0 Å². The number of nitrogens with two attached hydrogens (primary N) is 1. The van der Waals surface area contributed by atoms with Crippen molar-refractivity contribution in [3.8, 4) is 0 Å². The van der Waals surface area contributed by atoms with E-state index >= 15 is 0 Å². The van der Waals surface area contributed by atoms with Crippen LogP contribution in [0.5, 0.6) is 0 Å². The first-order valence-electron chi connectivity index (χ1n) is 5.73. The van der Waals surface area contributed by atoms with Gasteiger partial charge in [0.1, 0.15) is 0 Å². The van der Waals surface area contributed by atoms with Gasteiger partial charge in [-0.3, -0.25) is 0 Å². The van der Waals surface area contributed by atoms with E-state index in [2.05, 4.69) is 47.1 Å². The average Bonchev–Trinajstić information content (AvgIpc) is 2.26. The van der Waals surface area contributed by atoms with Crippen LogP contribution in [-0.2, 0) is 0 Å². The van der Waals surface area contributed by atoms with Crippen molar-refractivity contribution in [1.29, 1.82) is 0 Å². The molecule has 1 aromatic carbocycles. The van der Waals surface area contributed by atoms with Gasteiger partial charge in [0.2, 0.25) is 0 Å². The average molecular weight is 270 g/mol. The SMILES string of the molecule is CCCCCC(CN)c1ccc(Br)cc1.